The van der Waals surface area contributed by atoms with Crippen LogP contribution in [0.4, 0.5) is 0 Å². The Morgan fingerprint density at radius 1 is 1.17 bits per heavy atom. The number of oxazole rings is 1. The highest BCUT2D eigenvalue weighted by molar-refractivity contribution is 5.54. The van der Waals surface area contributed by atoms with Gasteiger partial charge in [0.1, 0.15) is 0 Å². The maximum Gasteiger partial charge on any atom is 0.198 e. The molecule has 0 radical (unpaired) electrons. The van der Waals surface area contributed by atoms with Crippen LogP contribution in [0.25, 0.3) is 11.3 Å². The van der Waals surface area contributed by atoms with Gasteiger partial charge in [-0.3, -0.25) is 4.98 Å². The number of pyridine rings is 1. The van der Waals surface area contributed by atoms with Crippen molar-refractivity contribution in [2.75, 3.05) is 0 Å². The maximum absolute atomic E-state index is 5.91. The molecule has 0 saturated heterocycles. The summed E-state index contributed by atoms with van der Waals surface area (Å²) in [4.78, 5) is 8.49. The van der Waals surface area contributed by atoms with E-state index < -0.39 is 0 Å². The summed E-state index contributed by atoms with van der Waals surface area (Å²) in [6, 6.07) is 4.24. The van der Waals surface area contributed by atoms with Crippen LogP contribution in [0.15, 0.2) is 35.1 Å². The van der Waals surface area contributed by atoms with Crippen molar-refractivity contribution in [2.24, 2.45) is 5.73 Å². The molecule has 0 aliphatic heterocycles. The van der Waals surface area contributed by atoms with Crippen molar-refractivity contribution in [1.82, 2.24) is 9.97 Å². The standard InChI is InChI=1S/C14H17N3O/c15-12-5-3-10(4-6-12)14-17-9-13(18-14)11-2-1-7-16-8-11/h1-2,7-10,12H,3-6,15H2/t10-,12-. The lowest BCUT2D eigenvalue weighted by atomic mass is 9.86. The number of rotatable bonds is 2. The lowest BCUT2D eigenvalue weighted by molar-refractivity contribution is 0.341. The van der Waals surface area contributed by atoms with E-state index in [1.165, 1.54) is 0 Å². The van der Waals surface area contributed by atoms with E-state index in [0.29, 0.717) is 12.0 Å². The molecule has 1 saturated carbocycles. The number of hydrogen-bond donors (Lipinski definition) is 1. The smallest absolute Gasteiger partial charge is 0.198 e. The van der Waals surface area contributed by atoms with E-state index in [2.05, 4.69) is 9.97 Å². The van der Waals surface area contributed by atoms with Gasteiger partial charge < -0.3 is 10.2 Å². The van der Waals surface area contributed by atoms with Crippen molar-refractivity contribution >= 4 is 0 Å². The number of nitrogens with two attached hydrogens (primary N) is 1. The van der Waals surface area contributed by atoms with E-state index in [1.54, 1.807) is 18.6 Å². The summed E-state index contributed by atoms with van der Waals surface area (Å²) in [5.74, 6) is 2.07. The molecule has 4 heteroatoms. The lowest BCUT2D eigenvalue weighted by Gasteiger charge is -2.23. The van der Waals surface area contributed by atoms with Gasteiger partial charge in [-0.15, -0.1) is 0 Å². The van der Waals surface area contributed by atoms with Gasteiger partial charge >= 0.3 is 0 Å². The molecule has 2 aromatic heterocycles. The van der Waals surface area contributed by atoms with Crippen LogP contribution in [0.1, 0.15) is 37.5 Å². The normalized spacial score (nSPS) is 24.1. The Balaban J connectivity index is 1.78. The number of nitrogens with zero attached hydrogens (tertiary/aromatic N) is 2. The fraction of sp³-hybridized carbons (Fsp3) is 0.429. The second kappa shape index (κ2) is 4.90. The minimum absolute atomic E-state index is 0.356. The quantitative estimate of drug-likeness (QED) is 0.880. The first-order valence-electron chi connectivity index (χ1n) is 6.44. The summed E-state index contributed by atoms with van der Waals surface area (Å²) >= 11 is 0. The summed E-state index contributed by atoms with van der Waals surface area (Å²) in [6.45, 7) is 0. The van der Waals surface area contributed by atoms with E-state index in [1.807, 2.05) is 12.1 Å². The second-order valence-corrected chi connectivity index (χ2v) is 4.92. The Labute approximate surface area is 106 Å². The third-order valence-electron chi connectivity index (χ3n) is 3.59. The first-order chi connectivity index (χ1) is 8.83. The van der Waals surface area contributed by atoms with Crippen LogP contribution < -0.4 is 5.73 Å². The van der Waals surface area contributed by atoms with Gasteiger partial charge in [-0.2, -0.15) is 0 Å². The lowest BCUT2D eigenvalue weighted by Crippen LogP contribution is -2.25. The molecule has 2 heterocycles. The monoisotopic (exact) mass is 243 g/mol. The summed E-state index contributed by atoms with van der Waals surface area (Å²) in [6.07, 6.45) is 9.62. The van der Waals surface area contributed by atoms with E-state index in [4.69, 9.17) is 10.2 Å². The Hall–Kier alpha value is -1.68. The van der Waals surface area contributed by atoms with Gasteiger partial charge in [-0.05, 0) is 37.8 Å². The Kier molecular flexibility index (Phi) is 3.11. The molecule has 0 aromatic carbocycles. The van der Waals surface area contributed by atoms with E-state index in [9.17, 15) is 0 Å². The first-order valence-corrected chi connectivity index (χ1v) is 6.44. The zero-order chi connectivity index (χ0) is 12.4. The SMILES string of the molecule is N[C@H]1CC[C@H](c2ncc(-c3cccnc3)o2)CC1. The molecule has 2 N–H and O–H groups in total. The Bertz CT molecular complexity index is 501. The fourth-order valence-corrected chi connectivity index (χ4v) is 2.48. The molecule has 0 bridgehead atoms. The van der Waals surface area contributed by atoms with Gasteiger partial charge in [0, 0.05) is 29.9 Å². The fourth-order valence-electron chi connectivity index (χ4n) is 2.48. The molecule has 0 spiro atoms. The van der Waals surface area contributed by atoms with Crippen molar-refractivity contribution < 1.29 is 4.42 Å². The third kappa shape index (κ3) is 2.29. The Morgan fingerprint density at radius 3 is 2.72 bits per heavy atom. The third-order valence-corrected chi connectivity index (χ3v) is 3.59. The van der Waals surface area contributed by atoms with Crippen molar-refractivity contribution in [3.8, 4) is 11.3 Å². The van der Waals surface area contributed by atoms with Crippen LogP contribution in [0.2, 0.25) is 0 Å². The molecule has 18 heavy (non-hydrogen) atoms. The minimum Gasteiger partial charge on any atom is -0.440 e. The first kappa shape index (κ1) is 11.4. The molecule has 1 fully saturated rings. The molecule has 1 aliphatic carbocycles. The average molecular weight is 243 g/mol. The minimum atomic E-state index is 0.356. The van der Waals surface area contributed by atoms with Crippen LogP contribution in [-0.4, -0.2) is 16.0 Å². The predicted molar refractivity (Wildman–Crippen MR) is 68.9 cm³/mol. The van der Waals surface area contributed by atoms with Gasteiger partial charge in [-0.1, -0.05) is 0 Å². The molecular weight excluding hydrogens is 226 g/mol. The summed E-state index contributed by atoms with van der Waals surface area (Å²) in [5, 5.41) is 0. The van der Waals surface area contributed by atoms with Crippen LogP contribution in [0.5, 0.6) is 0 Å². The van der Waals surface area contributed by atoms with Gasteiger partial charge in [0.25, 0.3) is 0 Å². The zero-order valence-electron chi connectivity index (χ0n) is 10.2. The number of hydrogen-bond acceptors (Lipinski definition) is 4. The maximum atomic E-state index is 5.91. The summed E-state index contributed by atoms with van der Waals surface area (Å²) in [5.41, 5.74) is 6.89. The molecule has 2 aromatic rings. The van der Waals surface area contributed by atoms with Crippen molar-refractivity contribution in [1.29, 1.82) is 0 Å². The largest absolute Gasteiger partial charge is 0.440 e. The van der Waals surface area contributed by atoms with E-state index in [0.717, 1.165) is 42.9 Å². The zero-order valence-corrected chi connectivity index (χ0v) is 10.2. The number of aromatic nitrogens is 2. The van der Waals surface area contributed by atoms with E-state index >= 15 is 0 Å². The highest BCUT2D eigenvalue weighted by atomic mass is 16.4. The molecule has 0 unspecified atom stereocenters. The van der Waals surface area contributed by atoms with Gasteiger partial charge in [-0.25, -0.2) is 4.98 Å². The van der Waals surface area contributed by atoms with Crippen LogP contribution in [-0.2, 0) is 0 Å². The topological polar surface area (TPSA) is 64.9 Å². The molecular formula is C14H17N3O. The van der Waals surface area contributed by atoms with Crippen molar-refractivity contribution in [2.45, 2.75) is 37.6 Å². The molecule has 0 amide bonds. The van der Waals surface area contributed by atoms with Crippen molar-refractivity contribution in [3.63, 3.8) is 0 Å². The molecule has 0 atom stereocenters. The second-order valence-electron chi connectivity index (χ2n) is 4.92. The van der Waals surface area contributed by atoms with Gasteiger partial charge in [0.15, 0.2) is 11.7 Å². The van der Waals surface area contributed by atoms with Gasteiger partial charge in [0.2, 0.25) is 0 Å². The summed E-state index contributed by atoms with van der Waals surface area (Å²) in [7, 11) is 0. The highest BCUT2D eigenvalue weighted by Crippen LogP contribution is 2.33. The van der Waals surface area contributed by atoms with Gasteiger partial charge in [0.05, 0.1) is 6.20 Å². The van der Waals surface area contributed by atoms with E-state index in [-0.39, 0.29) is 0 Å². The summed E-state index contributed by atoms with van der Waals surface area (Å²) < 4.78 is 5.85. The average Bonchev–Trinajstić information content (AvgIpc) is 2.90. The van der Waals surface area contributed by atoms with Crippen LogP contribution in [0.3, 0.4) is 0 Å². The molecule has 4 nitrogen and oxygen atoms in total. The molecule has 3 rings (SSSR count). The van der Waals surface area contributed by atoms with Crippen LogP contribution in [0, 0.1) is 0 Å². The highest BCUT2D eigenvalue weighted by Gasteiger charge is 2.23. The molecule has 94 valence electrons. The Morgan fingerprint density at radius 2 is 2.00 bits per heavy atom. The predicted octanol–water partition coefficient (Wildman–Crippen LogP) is 2.72. The van der Waals surface area contributed by atoms with Crippen molar-refractivity contribution in [3.05, 3.63) is 36.6 Å². The molecule has 1 aliphatic rings. The van der Waals surface area contributed by atoms with Crippen LogP contribution >= 0.6 is 0 Å².